The molecule has 0 radical (unpaired) electrons. The van der Waals surface area contributed by atoms with Crippen LogP contribution in [0.15, 0.2) is 47.6 Å². The number of halogens is 1. The van der Waals surface area contributed by atoms with Crippen LogP contribution >= 0.6 is 24.0 Å². The number of rotatable bonds is 9. The Balaban J connectivity index is 0.00000544. The van der Waals surface area contributed by atoms with E-state index in [2.05, 4.69) is 25.9 Å². The number of ether oxygens (including phenoxy) is 3. The largest absolute Gasteiger partial charge is 0.494 e. The molecule has 1 amide bonds. The SMILES string of the molecule is CCOc1ccc(Oc2cc(CNC(=NC)NCCNC(=O)OC(C)(C)C)ccn2)cc1.I. The van der Waals surface area contributed by atoms with E-state index < -0.39 is 11.7 Å². The number of aromatic nitrogens is 1. The molecule has 1 heterocycles. The molecule has 0 bridgehead atoms. The van der Waals surface area contributed by atoms with Gasteiger partial charge < -0.3 is 30.2 Å². The summed E-state index contributed by atoms with van der Waals surface area (Å²) in [6.07, 6.45) is 1.25. The molecule has 2 aromatic rings. The van der Waals surface area contributed by atoms with Crippen molar-refractivity contribution in [2.75, 3.05) is 26.7 Å². The van der Waals surface area contributed by atoms with Crippen molar-refractivity contribution in [3.05, 3.63) is 48.2 Å². The zero-order chi connectivity index (χ0) is 23.4. The van der Waals surface area contributed by atoms with Crippen molar-refractivity contribution in [3.63, 3.8) is 0 Å². The topological polar surface area (TPSA) is 106 Å². The first-order chi connectivity index (χ1) is 15.3. The van der Waals surface area contributed by atoms with Gasteiger partial charge in [-0.1, -0.05) is 0 Å². The molecule has 0 aliphatic heterocycles. The fraction of sp³-hybridized carbons (Fsp3) is 0.435. The second kappa shape index (κ2) is 14.4. The fourth-order valence-corrected chi connectivity index (χ4v) is 2.57. The molecule has 0 saturated heterocycles. The zero-order valence-electron chi connectivity index (χ0n) is 19.8. The van der Waals surface area contributed by atoms with Crippen molar-refractivity contribution >= 4 is 36.0 Å². The third-order valence-corrected chi connectivity index (χ3v) is 3.93. The normalized spacial score (nSPS) is 11.1. The summed E-state index contributed by atoms with van der Waals surface area (Å²) in [6.45, 7) is 9.47. The van der Waals surface area contributed by atoms with Crippen LogP contribution in [-0.2, 0) is 11.3 Å². The van der Waals surface area contributed by atoms with Crippen LogP contribution in [0.1, 0.15) is 33.3 Å². The van der Waals surface area contributed by atoms with Crippen LogP contribution in [0.4, 0.5) is 4.79 Å². The van der Waals surface area contributed by atoms with Crippen molar-refractivity contribution < 1.29 is 19.0 Å². The average molecular weight is 571 g/mol. The highest BCUT2D eigenvalue weighted by Gasteiger charge is 2.15. The molecule has 9 nitrogen and oxygen atoms in total. The van der Waals surface area contributed by atoms with E-state index in [4.69, 9.17) is 14.2 Å². The second-order valence-electron chi connectivity index (χ2n) is 7.79. The first kappa shape index (κ1) is 28.3. The van der Waals surface area contributed by atoms with Gasteiger partial charge in [-0.2, -0.15) is 0 Å². The summed E-state index contributed by atoms with van der Waals surface area (Å²) < 4.78 is 16.5. The molecule has 0 fully saturated rings. The van der Waals surface area contributed by atoms with Gasteiger partial charge in [0, 0.05) is 38.9 Å². The maximum absolute atomic E-state index is 11.7. The molecule has 0 spiro atoms. The minimum absolute atomic E-state index is 0. The molecule has 0 aliphatic rings. The van der Waals surface area contributed by atoms with Gasteiger partial charge in [0.05, 0.1) is 6.61 Å². The van der Waals surface area contributed by atoms with Crippen LogP contribution in [0.25, 0.3) is 0 Å². The highest BCUT2D eigenvalue weighted by atomic mass is 127. The molecule has 10 heteroatoms. The smallest absolute Gasteiger partial charge is 0.407 e. The van der Waals surface area contributed by atoms with Crippen LogP contribution in [0.2, 0.25) is 0 Å². The Morgan fingerprint density at radius 3 is 2.33 bits per heavy atom. The first-order valence-electron chi connectivity index (χ1n) is 10.6. The van der Waals surface area contributed by atoms with E-state index >= 15 is 0 Å². The lowest BCUT2D eigenvalue weighted by atomic mass is 10.2. The van der Waals surface area contributed by atoms with Crippen LogP contribution in [0, 0.1) is 0 Å². The lowest BCUT2D eigenvalue weighted by Crippen LogP contribution is -2.42. The molecule has 3 N–H and O–H groups in total. The molecular weight excluding hydrogens is 537 g/mol. The van der Waals surface area contributed by atoms with E-state index in [-0.39, 0.29) is 24.0 Å². The van der Waals surface area contributed by atoms with Gasteiger partial charge >= 0.3 is 6.09 Å². The number of carbonyl (C=O) groups is 1. The van der Waals surface area contributed by atoms with Crippen LogP contribution in [-0.4, -0.2) is 49.4 Å². The number of benzene rings is 1. The minimum Gasteiger partial charge on any atom is -0.494 e. The summed E-state index contributed by atoms with van der Waals surface area (Å²) in [5.74, 6) is 2.59. The Bertz CT molecular complexity index is 885. The Morgan fingerprint density at radius 2 is 1.70 bits per heavy atom. The van der Waals surface area contributed by atoms with E-state index in [0.717, 1.165) is 11.3 Å². The lowest BCUT2D eigenvalue weighted by molar-refractivity contribution is 0.0529. The highest BCUT2D eigenvalue weighted by Crippen LogP contribution is 2.23. The third kappa shape index (κ3) is 11.6. The average Bonchev–Trinajstić information content (AvgIpc) is 2.74. The van der Waals surface area contributed by atoms with E-state index in [1.807, 2.05) is 64.1 Å². The van der Waals surface area contributed by atoms with Gasteiger partial charge in [0.2, 0.25) is 5.88 Å². The lowest BCUT2D eigenvalue weighted by Gasteiger charge is -2.20. The number of nitrogens with zero attached hydrogens (tertiary/aromatic N) is 2. The number of carbonyl (C=O) groups excluding carboxylic acids is 1. The molecule has 2 rings (SSSR count). The number of aliphatic imine (C=N–C) groups is 1. The van der Waals surface area contributed by atoms with E-state index in [1.54, 1.807) is 13.2 Å². The van der Waals surface area contributed by atoms with Gasteiger partial charge in [0.15, 0.2) is 5.96 Å². The molecule has 1 aromatic carbocycles. The second-order valence-corrected chi connectivity index (χ2v) is 7.79. The number of alkyl carbamates (subject to hydrolysis) is 1. The summed E-state index contributed by atoms with van der Waals surface area (Å²) in [5, 5.41) is 9.05. The first-order valence-corrected chi connectivity index (χ1v) is 10.6. The number of hydrogen-bond acceptors (Lipinski definition) is 6. The van der Waals surface area contributed by atoms with Gasteiger partial charge in [0.25, 0.3) is 0 Å². The molecule has 182 valence electrons. The quantitative estimate of drug-likeness (QED) is 0.180. The summed E-state index contributed by atoms with van der Waals surface area (Å²) in [6, 6.07) is 11.2. The predicted octanol–water partition coefficient (Wildman–Crippen LogP) is 4.08. The molecule has 33 heavy (non-hydrogen) atoms. The molecule has 0 unspecified atom stereocenters. The van der Waals surface area contributed by atoms with Gasteiger partial charge in [-0.3, -0.25) is 4.99 Å². The van der Waals surface area contributed by atoms with Crippen LogP contribution < -0.4 is 25.4 Å². The highest BCUT2D eigenvalue weighted by molar-refractivity contribution is 14.0. The molecular formula is C23H34IN5O4. The summed E-state index contributed by atoms with van der Waals surface area (Å²) in [4.78, 5) is 20.1. The Labute approximate surface area is 212 Å². The number of guanidine groups is 1. The van der Waals surface area contributed by atoms with Crippen molar-refractivity contribution in [2.45, 2.75) is 39.8 Å². The van der Waals surface area contributed by atoms with Crippen molar-refractivity contribution in [1.29, 1.82) is 0 Å². The number of pyridine rings is 1. The molecule has 0 saturated carbocycles. The Hall–Kier alpha value is -2.76. The summed E-state index contributed by atoms with van der Waals surface area (Å²) >= 11 is 0. The van der Waals surface area contributed by atoms with Gasteiger partial charge in [0.1, 0.15) is 17.1 Å². The van der Waals surface area contributed by atoms with E-state index in [1.165, 1.54) is 0 Å². The molecule has 1 aromatic heterocycles. The van der Waals surface area contributed by atoms with Gasteiger partial charge in [-0.15, -0.1) is 24.0 Å². The van der Waals surface area contributed by atoms with Crippen molar-refractivity contribution in [2.24, 2.45) is 4.99 Å². The predicted molar refractivity (Wildman–Crippen MR) is 140 cm³/mol. The summed E-state index contributed by atoms with van der Waals surface area (Å²) in [7, 11) is 1.68. The number of amides is 1. The van der Waals surface area contributed by atoms with Gasteiger partial charge in [-0.05, 0) is 63.6 Å². The standard InChI is InChI=1S/C23H33N5O4.HI/c1-6-30-18-7-9-19(10-8-18)31-20-15-17(11-12-25-20)16-28-21(24-5)26-13-14-27-22(29)32-23(2,3)4;/h7-12,15H,6,13-14,16H2,1-5H3,(H,27,29)(H2,24,26,28);1H. The fourth-order valence-electron chi connectivity index (χ4n) is 2.57. The minimum atomic E-state index is -0.519. The van der Waals surface area contributed by atoms with E-state index in [9.17, 15) is 4.79 Å². The Kier molecular flexibility index (Phi) is 12.3. The molecule has 0 aliphatic carbocycles. The maximum Gasteiger partial charge on any atom is 0.407 e. The van der Waals surface area contributed by atoms with Crippen molar-refractivity contribution in [1.82, 2.24) is 20.9 Å². The van der Waals surface area contributed by atoms with E-state index in [0.29, 0.717) is 43.8 Å². The number of hydrogen-bond donors (Lipinski definition) is 3. The summed E-state index contributed by atoms with van der Waals surface area (Å²) in [5.41, 5.74) is 0.463. The zero-order valence-corrected chi connectivity index (χ0v) is 22.1. The van der Waals surface area contributed by atoms with Crippen LogP contribution in [0.5, 0.6) is 17.4 Å². The number of nitrogens with one attached hydrogen (secondary N) is 3. The molecule has 0 atom stereocenters. The maximum atomic E-state index is 11.7. The third-order valence-electron chi connectivity index (χ3n) is 3.93. The van der Waals surface area contributed by atoms with Crippen LogP contribution in [0.3, 0.4) is 0 Å². The Morgan fingerprint density at radius 1 is 1.03 bits per heavy atom. The van der Waals surface area contributed by atoms with Gasteiger partial charge in [-0.25, -0.2) is 9.78 Å². The van der Waals surface area contributed by atoms with Crippen molar-refractivity contribution in [3.8, 4) is 17.4 Å². The monoisotopic (exact) mass is 571 g/mol.